The standard InChI is InChI=1S/C17H27NO6S/c1-14(2)13-22-12-9-17(19)18-15-5-7-16(8-6-15)23-10-4-11-24-25(3,20)21/h5-8,14H,4,9-13H2,1-3H3,(H,18,19). The minimum atomic E-state index is -3.40. The lowest BCUT2D eigenvalue weighted by molar-refractivity contribution is -0.117. The van der Waals surface area contributed by atoms with Crippen molar-refractivity contribution < 1.29 is 26.9 Å². The Bertz CT molecular complexity index is 613. The smallest absolute Gasteiger partial charge is 0.264 e. The van der Waals surface area contributed by atoms with E-state index in [1.165, 1.54) is 0 Å². The Labute approximate surface area is 149 Å². The number of benzene rings is 1. The van der Waals surface area contributed by atoms with Gasteiger partial charge in [0.15, 0.2) is 0 Å². The third-order valence-electron chi connectivity index (χ3n) is 2.92. The molecule has 1 aromatic carbocycles. The van der Waals surface area contributed by atoms with E-state index < -0.39 is 10.1 Å². The first kappa shape index (κ1) is 21.4. The molecule has 1 aromatic rings. The topological polar surface area (TPSA) is 90.9 Å². The van der Waals surface area contributed by atoms with Gasteiger partial charge in [-0.05, 0) is 30.2 Å². The van der Waals surface area contributed by atoms with Gasteiger partial charge in [0.1, 0.15) is 5.75 Å². The molecule has 0 aliphatic heterocycles. The molecule has 0 spiro atoms. The molecule has 0 atom stereocenters. The molecule has 8 heteroatoms. The monoisotopic (exact) mass is 373 g/mol. The second-order valence-corrected chi connectivity index (χ2v) is 7.66. The normalized spacial score (nSPS) is 11.5. The van der Waals surface area contributed by atoms with Crippen LogP contribution in [0.1, 0.15) is 26.7 Å². The number of hydrogen-bond acceptors (Lipinski definition) is 6. The quantitative estimate of drug-likeness (QED) is 0.447. The first-order chi connectivity index (χ1) is 11.8. The van der Waals surface area contributed by atoms with Crippen LogP contribution in [-0.4, -0.2) is 47.0 Å². The van der Waals surface area contributed by atoms with Crippen molar-refractivity contribution in [1.29, 1.82) is 0 Å². The molecule has 25 heavy (non-hydrogen) atoms. The molecule has 0 heterocycles. The van der Waals surface area contributed by atoms with Crippen molar-refractivity contribution in [2.75, 3.05) is 38.0 Å². The van der Waals surface area contributed by atoms with Gasteiger partial charge in [-0.1, -0.05) is 13.8 Å². The van der Waals surface area contributed by atoms with Crippen LogP contribution in [0.15, 0.2) is 24.3 Å². The average molecular weight is 373 g/mol. The average Bonchev–Trinajstić information content (AvgIpc) is 2.51. The lowest BCUT2D eigenvalue weighted by Crippen LogP contribution is -2.15. The number of nitrogens with one attached hydrogen (secondary N) is 1. The Hall–Kier alpha value is -1.64. The van der Waals surface area contributed by atoms with Gasteiger partial charge in [-0.3, -0.25) is 8.98 Å². The van der Waals surface area contributed by atoms with Gasteiger partial charge < -0.3 is 14.8 Å². The van der Waals surface area contributed by atoms with E-state index in [2.05, 4.69) is 23.3 Å². The van der Waals surface area contributed by atoms with Gasteiger partial charge in [-0.2, -0.15) is 8.42 Å². The molecule has 1 N–H and O–H groups in total. The number of carbonyl (C=O) groups excluding carboxylic acids is 1. The largest absolute Gasteiger partial charge is 0.494 e. The number of carbonyl (C=O) groups is 1. The fourth-order valence-corrected chi connectivity index (χ4v) is 2.22. The van der Waals surface area contributed by atoms with Crippen molar-refractivity contribution in [2.45, 2.75) is 26.7 Å². The maximum absolute atomic E-state index is 11.8. The molecule has 0 unspecified atom stereocenters. The molecule has 7 nitrogen and oxygen atoms in total. The summed E-state index contributed by atoms with van der Waals surface area (Å²) < 4.78 is 37.1. The second-order valence-electron chi connectivity index (χ2n) is 6.02. The van der Waals surface area contributed by atoms with Crippen molar-refractivity contribution in [3.05, 3.63) is 24.3 Å². The summed E-state index contributed by atoms with van der Waals surface area (Å²) in [5.41, 5.74) is 0.682. The van der Waals surface area contributed by atoms with Gasteiger partial charge in [0.25, 0.3) is 10.1 Å². The van der Waals surface area contributed by atoms with Crippen LogP contribution in [0.2, 0.25) is 0 Å². The van der Waals surface area contributed by atoms with Crippen LogP contribution in [-0.2, 0) is 23.8 Å². The predicted molar refractivity (Wildman–Crippen MR) is 96.3 cm³/mol. The maximum Gasteiger partial charge on any atom is 0.264 e. The van der Waals surface area contributed by atoms with E-state index in [0.717, 1.165) is 6.26 Å². The van der Waals surface area contributed by atoms with Crippen LogP contribution >= 0.6 is 0 Å². The fourth-order valence-electron chi connectivity index (χ4n) is 1.80. The van der Waals surface area contributed by atoms with Crippen molar-refractivity contribution in [2.24, 2.45) is 5.92 Å². The van der Waals surface area contributed by atoms with E-state index in [0.29, 0.717) is 50.0 Å². The van der Waals surface area contributed by atoms with Crippen molar-refractivity contribution in [3.8, 4) is 5.75 Å². The first-order valence-corrected chi connectivity index (χ1v) is 10.0. The van der Waals surface area contributed by atoms with Crippen molar-refractivity contribution in [3.63, 3.8) is 0 Å². The van der Waals surface area contributed by atoms with Crippen LogP contribution in [0, 0.1) is 5.92 Å². The van der Waals surface area contributed by atoms with Crippen molar-refractivity contribution in [1.82, 2.24) is 0 Å². The second kappa shape index (κ2) is 11.1. The summed E-state index contributed by atoms with van der Waals surface area (Å²) in [4.78, 5) is 11.8. The number of ether oxygens (including phenoxy) is 2. The summed E-state index contributed by atoms with van der Waals surface area (Å²) in [6, 6.07) is 6.97. The number of amides is 1. The molecule has 1 rings (SSSR count). The van der Waals surface area contributed by atoms with Gasteiger partial charge in [0.05, 0.1) is 32.5 Å². The van der Waals surface area contributed by atoms with E-state index in [-0.39, 0.29) is 12.5 Å². The van der Waals surface area contributed by atoms with Crippen LogP contribution in [0.5, 0.6) is 5.75 Å². The molecule has 0 aromatic heterocycles. The fraction of sp³-hybridized carbons (Fsp3) is 0.588. The highest BCUT2D eigenvalue weighted by Gasteiger charge is 2.04. The molecule has 142 valence electrons. The molecule has 0 bridgehead atoms. The SMILES string of the molecule is CC(C)COCCC(=O)Nc1ccc(OCCCOS(C)(=O)=O)cc1. The van der Waals surface area contributed by atoms with Crippen LogP contribution in [0.4, 0.5) is 5.69 Å². The Morgan fingerprint density at radius 2 is 1.80 bits per heavy atom. The highest BCUT2D eigenvalue weighted by Crippen LogP contribution is 2.16. The summed E-state index contributed by atoms with van der Waals surface area (Å²) in [5.74, 6) is 0.988. The zero-order chi connectivity index (χ0) is 18.7. The van der Waals surface area contributed by atoms with Gasteiger partial charge in [0, 0.05) is 18.7 Å². The number of hydrogen-bond donors (Lipinski definition) is 1. The lowest BCUT2D eigenvalue weighted by atomic mass is 10.2. The molecular formula is C17H27NO6S. The van der Waals surface area contributed by atoms with E-state index in [4.69, 9.17) is 9.47 Å². The van der Waals surface area contributed by atoms with E-state index in [9.17, 15) is 13.2 Å². The highest BCUT2D eigenvalue weighted by molar-refractivity contribution is 7.85. The molecule has 0 saturated heterocycles. The van der Waals surface area contributed by atoms with E-state index in [1.807, 2.05) is 0 Å². The summed E-state index contributed by atoms with van der Waals surface area (Å²) >= 11 is 0. The lowest BCUT2D eigenvalue weighted by Gasteiger charge is -2.09. The molecule has 0 aliphatic carbocycles. The van der Waals surface area contributed by atoms with Gasteiger partial charge >= 0.3 is 0 Å². The molecule has 0 fully saturated rings. The maximum atomic E-state index is 11.8. The number of anilines is 1. The number of rotatable bonds is 12. The zero-order valence-electron chi connectivity index (χ0n) is 15.0. The van der Waals surface area contributed by atoms with Gasteiger partial charge in [-0.15, -0.1) is 0 Å². The molecule has 0 saturated carbocycles. The Morgan fingerprint density at radius 3 is 2.40 bits per heavy atom. The Balaban J connectivity index is 2.23. The zero-order valence-corrected chi connectivity index (χ0v) is 15.8. The Morgan fingerprint density at radius 1 is 1.12 bits per heavy atom. The molecule has 0 aliphatic rings. The van der Waals surface area contributed by atoms with Crippen molar-refractivity contribution >= 4 is 21.7 Å². The minimum Gasteiger partial charge on any atom is -0.494 e. The predicted octanol–water partition coefficient (Wildman–Crippen LogP) is 2.43. The highest BCUT2D eigenvalue weighted by atomic mass is 32.2. The van der Waals surface area contributed by atoms with Crippen LogP contribution in [0.3, 0.4) is 0 Å². The summed E-state index contributed by atoms with van der Waals surface area (Å²) in [6.07, 6.45) is 1.78. The van der Waals surface area contributed by atoms with E-state index in [1.54, 1.807) is 24.3 Å². The van der Waals surface area contributed by atoms with Gasteiger partial charge in [-0.25, -0.2) is 0 Å². The third-order valence-corrected chi connectivity index (χ3v) is 3.51. The molecule has 1 amide bonds. The summed E-state index contributed by atoms with van der Waals surface area (Å²) in [5, 5.41) is 2.79. The molecule has 0 radical (unpaired) electrons. The third kappa shape index (κ3) is 11.5. The Kier molecular flexibility index (Phi) is 9.48. The minimum absolute atomic E-state index is 0.0891. The first-order valence-electron chi connectivity index (χ1n) is 8.21. The summed E-state index contributed by atoms with van der Waals surface area (Å²) in [6.45, 7) is 5.60. The van der Waals surface area contributed by atoms with E-state index >= 15 is 0 Å². The van der Waals surface area contributed by atoms with Gasteiger partial charge in [0.2, 0.25) is 5.91 Å². The summed E-state index contributed by atoms with van der Waals surface area (Å²) in [7, 11) is -3.40. The molecular weight excluding hydrogens is 346 g/mol. The van der Waals surface area contributed by atoms with Crippen LogP contribution in [0.25, 0.3) is 0 Å². The van der Waals surface area contributed by atoms with Crippen LogP contribution < -0.4 is 10.1 Å².